The second kappa shape index (κ2) is 6.35. The van der Waals surface area contributed by atoms with Crippen molar-refractivity contribution in [2.75, 3.05) is 13.1 Å². The lowest BCUT2D eigenvalue weighted by Crippen LogP contribution is -2.37. The molecule has 0 heterocycles. The molecule has 0 aromatic heterocycles. The first-order valence-corrected chi connectivity index (χ1v) is 7.37. The van der Waals surface area contributed by atoms with Crippen LogP contribution in [0.3, 0.4) is 0 Å². The number of ether oxygens (including phenoxy) is 1. The number of hydrogen-bond donors (Lipinski definition) is 3. The van der Waals surface area contributed by atoms with Crippen LogP contribution in [0.15, 0.2) is 18.2 Å². The van der Waals surface area contributed by atoms with Crippen molar-refractivity contribution < 1.29 is 14.6 Å². The van der Waals surface area contributed by atoms with Gasteiger partial charge in [-0.25, -0.2) is 4.79 Å². The van der Waals surface area contributed by atoms with Crippen LogP contribution in [0, 0.1) is 0 Å². The predicted molar refractivity (Wildman–Crippen MR) is 81.4 cm³/mol. The van der Waals surface area contributed by atoms with E-state index in [1.165, 1.54) is 11.1 Å². The molecule has 0 spiro atoms. The lowest BCUT2D eigenvalue weighted by Gasteiger charge is -2.20. The van der Waals surface area contributed by atoms with Crippen molar-refractivity contribution in [3.63, 3.8) is 0 Å². The Morgan fingerprint density at radius 3 is 2.86 bits per heavy atom. The van der Waals surface area contributed by atoms with Gasteiger partial charge in [0, 0.05) is 19.1 Å². The number of aryl methyl sites for hydroxylation is 1. The summed E-state index contributed by atoms with van der Waals surface area (Å²) in [5, 5.41) is 15.6. The number of benzene rings is 1. The van der Waals surface area contributed by atoms with Crippen LogP contribution in [0.25, 0.3) is 0 Å². The van der Waals surface area contributed by atoms with Crippen LogP contribution in [-0.2, 0) is 11.2 Å². The van der Waals surface area contributed by atoms with Gasteiger partial charge in [-0.1, -0.05) is 6.07 Å². The molecule has 0 bridgehead atoms. The maximum Gasteiger partial charge on any atom is 0.407 e. The maximum absolute atomic E-state index is 11.5. The SMILES string of the molecule is CC(C)(C)OC(=O)NCCNC1CCc2cc(O)ccc21. The maximum atomic E-state index is 11.5. The van der Waals surface area contributed by atoms with Gasteiger partial charge in [-0.15, -0.1) is 0 Å². The number of hydrogen-bond acceptors (Lipinski definition) is 4. The van der Waals surface area contributed by atoms with Crippen molar-refractivity contribution in [2.24, 2.45) is 0 Å². The van der Waals surface area contributed by atoms with Gasteiger partial charge < -0.3 is 20.5 Å². The fourth-order valence-electron chi connectivity index (χ4n) is 2.54. The summed E-state index contributed by atoms with van der Waals surface area (Å²) in [7, 11) is 0. The predicted octanol–water partition coefficient (Wildman–Crippen LogP) is 2.49. The third-order valence-corrected chi connectivity index (χ3v) is 3.39. The fraction of sp³-hybridized carbons (Fsp3) is 0.562. The molecule has 3 N–H and O–H groups in total. The molecule has 5 nitrogen and oxygen atoms in total. The number of phenolic OH excluding ortho intramolecular Hbond substituents is 1. The molecule has 5 heteroatoms. The highest BCUT2D eigenvalue weighted by Crippen LogP contribution is 2.32. The number of carbonyl (C=O) groups excluding carboxylic acids is 1. The topological polar surface area (TPSA) is 70.6 Å². The van der Waals surface area contributed by atoms with E-state index in [0.29, 0.717) is 24.9 Å². The second-order valence-corrected chi connectivity index (χ2v) is 6.36. The summed E-state index contributed by atoms with van der Waals surface area (Å²) in [6.07, 6.45) is 1.60. The quantitative estimate of drug-likeness (QED) is 0.746. The number of amides is 1. The summed E-state index contributed by atoms with van der Waals surface area (Å²) in [5.41, 5.74) is 1.97. The lowest BCUT2D eigenvalue weighted by atomic mass is 10.1. The number of aromatic hydroxyl groups is 1. The molecule has 116 valence electrons. The Kier molecular flexibility index (Phi) is 4.73. The molecule has 1 amide bonds. The molecule has 0 radical (unpaired) electrons. The second-order valence-electron chi connectivity index (χ2n) is 6.36. The highest BCUT2D eigenvalue weighted by atomic mass is 16.6. The van der Waals surface area contributed by atoms with Gasteiger partial charge in [-0.3, -0.25) is 0 Å². The van der Waals surface area contributed by atoms with E-state index in [9.17, 15) is 9.90 Å². The van der Waals surface area contributed by atoms with Crippen LogP contribution in [0.5, 0.6) is 5.75 Å². The minimum Gasteiger partial charge on any atom is -0.508 e. The molecule has 1 unspecified atom stereocenters. The summed E-state index contributed by atoms with van der Waals surface area (Å²) >= 11 is 0. The van der Waals surface area contributed by atoms with Crippen molar-refractivity contribution >= 4 is 6.09 Å². The van der Waals surface area contributed by atoms with E-state index in [1.807, 2.05) is 32.9 Å². The Balaban J connectivity index is 1.73. The first-order valence-electron chi connectivity index (χ1n) is 7.37. The zero-order valence-electron chi connectivity index (χ0n) is 12.9. The van der Waals surface area contributed by atoms with Crippen LogP contribution in [0.4, 0.5) is 4.79 Å². The molecule has 21 heavy (non-hydrogen) atoms. The van der Waals surface area contributed by atoms with Crippen molar-refractivity contribution in [3.8, 4) is 5.75 Å². The molecule has 0 fully saturated rings. The minimum atomic E-state index is -0.468. The van der Waals surface area contributed by atoms with E-state index in [0.717, 1.165) is 12.8 Å². The molecule has 0 saturated carbocycles. The highest BCUT2D eigenvalue weighted by Gasteiger charge is 2.22. The Bertz CT molecular complexity index is 509. The number of phenols is 1. The summed E-state index contributed by atoms with van der Waals surface area (Å²) in [5.74, 6) is 0.320. The molecular formula is C16H24N2O3. The number of fused-ring (bicyclic) bond motifs is 1. The normalized spacial score (nSPS) is 17.4. The van der Waals surface area contributed by atoms with Gasteiger partial charge in [0.15, 0.2) is 0 Å². The van der Waals surface area contributed by atoms with Gasteiger partial charge in [-0.05, 0) is 56.9 Å². The van der Waals surface area contributed by atoms with E-state index in [-0.39, 0.29) is 6.09 Å². The number of rotatable bonds is 4. The van der Waals surface area contributed by atoms with Crippen molar-refractivity contribution in [1.82, 2.24) is 10.6 Å². The number of carbonyl (C=O) groups is 1. The average molecular weight is 292 g/mol. The average Bonchev–Trinajstić information content (AvgIpc) is 2.75. The number of alkyl carbamates (subject to hydrolysis) is 1. The fourth-order valence-corrected chi connectivity index (χ4v) is 2.54. The van der Waals surface area contributed by atoms with Gasteiger partial charge in [-0.2, -0.15) is 0 Å². The molecule has 1 aromatic carbocycles. The third-order valence-electron chi connectivity index (χ3n) is 3.39. The molecule has 0 aliphatic heterocycles. The van der Waals surface area contributed by atoms with Crippen LogP contribution in [0.1, 0.15) is 44.4 Å². The van der Waals surface area contributed by atoms with Crippen molar-refractivity contribution in [3.05, 3.63) is 29.3 Å². The molecule has 1 aliphatic carbocycles. The van der Waals surface area contributed by atoms with Crippen LogP contribution >= 0.6 is 0 Å². The molecule has 2 rings (SSSR count). The zero-order chi connectivity index (χ0) is 15.5. The zero-order valence-corrected chi connectivity index (χ0v) is 12.9. The van der Waals surface area contributed by atoms with E-state index in [2.05, 4.69) is 10.6 Å². The van der Waals surface area contributed by atoms with Crippen LogP contribution < -0.4 is 10.6 Å². The summed E-state index contributed by atoms with van der Waals surface area (Å²) in [4.78, 5) is 11.5. The summed E-state index contributed by atoms with van der Waals surface area (Å²) in [6.45, 7) is 6.74. The van der Waals surface area contributed by atoms with Crippen molar-refractivity contribution in [2.45, 2.75) is 45.3 Å². The van der Waals surface area contributed by atoms with Gasteiger partial charge in [0.05, 0.1) is 0 Å². The first-order chi connectivity index (χ1) is 9.85. The largest absolute Gasteiger partial charge is 0.508 e. The summed E-state index contributed by atoms with van der Waals surface area (Å²) < 4.78 is 5.17. The van der Waals surface area contributed by atoms with E-state index in [1.54, 1.807) is 6.07 Å². The van der Waals surface area contributed by atoms with E-state index in [4.69, 9.17) is 4.74 Å². The van der Waals surface area contributed by atoms with Gasteiger partial charge in [0.25, 0.3) is 0 Å². The monoisotopic (exact) mass is 292 g/mol. The van der Waals surface area contributed by atoms with Gasteiger partial charge in [0.2, 0.25) is 0 Å². The molecule has 0 saturated heterocycles. The number of nitrogens with one attached hydrogen (secondary N) is 2. The molecular weight excluding hydrogens is 268 g/mol. The van der Waals surface area contributed by atoms with Crippen molar-refractivity contribution in [1.29, 1.82) is 0 Å². The Hall–Kier alpha value is -1.75. The molecule has 1 atom stereocenters. The molecule has 1 aromatic rings. The molecule has 1 aliphatic rings. The lowest BCUT2D eigenvalue weighted by molar-refractivity contribution is 0.0528. The van der Waals surface area contributed by atoms with E-state index >= 15 is 0 Å². The van der Waals surface area contributed by atoms with Gasteiger partial charge in [0.1, 0.15) is 11.4 Å². The standard InChI is InChI=1S/C16H24N2O3/c1-16(2,3)21-15(20)18-9-8-17-14-7-4-11-10-12(19)5-6-13(11)14/h5-6,10,14,17,19H,4,7-9H2,1-3H3,(H,18,20). The van der Waals surface area contributed by atoms with Crippen LogP contribution in [0.2, 0.25) is 0 Å². The Labute approximate surface area is 125 Å². The Morgan fingerprint density at radius 2 is 2.14 bits per heavy atom. The summed E-state index contributed by atoms with van der Waals surface area (Å²) in [6, 6.07) is 5.81. The van der Waals surface area contributed by atoms with E-state index < -0.39 is 5.60 Å². The van der Waals surface area contributed by atoms with Crippen LogP contribution in [-0.4, -0.2) is 29.9 Å². The minimum absolute atomic E-state index is 0.293. The Morgan fingerprint density at radius 1 is 1.38 bits per heavy atom. The first kappa shape index (κ1) is 15.6. The smallest absolute Gasteiger partial charge is 0.407 e. The third kappa shape index (κ3) is 4.63. The highest BCUT2D eigenvalue weighted by molar-refractivity contribution is 5.67. The van der Waals surface area contributed by atoms with Gasteiger partial charge >= 0.3 is 6.09 Å².